The summed E-state index contributed by atoms with van der Waals surface area (Å²) in [5, 5.41) is 2.42. The zero-order valence-corrected chi connectivity index (χ0v) is 5.68. The molecule has 0 unspecified atom stereocenters. The van der Waals surface area contributed by atoms with Crippen LogP contribution in [-0.2, 0) is 9.53 Å². The summed E-state index contributed by atoms with van der Waals surface area (Å²) < 4.78 is 4.76. The monoisotopic (exact) mass is 129 g/mol. The van der Waals surface area contributed by atoms with Crippen molar-refractivity contribution in [2.45, 2.75) is 6.92 Å². The van der Waals surface area contributed by atoms with Crippen LogP contribution in [-0.4, -0.2) is 19.6 Å². The second-order valence-electron chi connectivity index (χ2n) is 1.37. The molecule has 9 heavy (non-hydrogen) atoms. The van der Waals surface area contributed by atoms with E-state index >= 15 is 0 Å². The molecule has 3 nitrogen and oxygen atoms in total. The van der Waals surface area contributed by atoms with Crippen LogP contribution in [0.15, 0.2) is 12.3 Å². The topological polar surface area (TPSA) is 38.3 Å². The zero-order valence-electron chi connectivity index (χ0n) is 5.68. The van der Waals surface area contributed by atoms with Crippen molar-refractivity contribution in [1.82, 2.24) is 5.32 Å². The molecule has 0 aliphatic carbocycles. The third kappa shape index (κ3) is 4.87. The molecule has 0 spiro atoms. The van der Waals surface area contributed by atoms with Gasteiger partial charge in [0.2, 0.25) is 5.91 Å². The summed E-state index contributed by atoms with van der Waals surface area (Å²) in [5.74, 6) is -0.150. The average Bonchev–Trinajstić information content (AvgIpc) is 1.89. The number of likely N-dealkylation sites (N-methyl/N-ethyl adjacent to an activating group) is 1. The van der Waals surface area contributed by atoms with Crippen LogP contribution in [0.1, 0.15) is 6.92 Å². The van der Waals surface area contributed by atoms with Crippen molar-refractivity contribution in [2.24, 2.45) is 0 Å². The minimum absolute atomic E-state index is 0.150. The third-order valence-corrected chi connectivity index (χ3v) is 0.729. The van der Waals surface area contributed by atoms with E-state index in [9.17, 15) is 4.79 Å². The fourth-order valence-electron chi connectivity index (χ4n) is 0.289. The predicted molar refractivity (Wildman–Crippen MR) is 34.8 cm³/mol. The van der Waals surface area contributed by atoms with Gasteiger partial charge in [-0.3, -0.25) is 4.79 Å². The molecule has 0 fully saturated rings. The van der Waals surface area contributed by atoms with Crippen molar-refractivity contribution in [3.63, 3.8) is 0 Å². The van der Waals surface area contributed by atoms with Crippen LogP contribution in [0.2, 0.25) is 0 Å². The summed E-state index contributed by atoms with van der Waals surface area (Å²) in [6.07, 6.45) is 2.71. The Kier molecular flexibility index (Phi) is 4.59. The predicted octanol–water partition coefficient (Wildman–Crippen LogP) is 0.283. The molecule has 0 aromatic carbocycles. The quantitative estimate of drug-likeness (QED) is 0.439. The lowest BCUT2D eigenvalue weighted by Crippen LogP contribution is -2.14. The molecule has 0 aliphatic rings. The summed E-state index contributed by atoms with van der Waals surface area (Å²) in [7, 11) is 1.57. The Hall–Kier alpha value is -0.990. The number of rotatable bonds is 3. The lowest BCUT2D eigenvalue weighted by Gasteiger charge is -1.91. The Labute approximate surface area is 54.7 Å². The van der Waals surface area contributed by atoms with Crippen LogP contribution in [0, 0.1) is 0 Å². The van der Waals surface area contributed by atoms with Gasteiger partial charge in [-0.15, -0.1) is 0 Å². The first kappa shape index (κ1) is 8.01. The van der Waals surface area contributed by atoms with E-state index in [0.717, 1.165) is 0 Å². The highest BCUT2D eigenvalue weighted by atomic mass is 16.5. The van der Waals surface area contributed by atoms with E-state index in [1.54, 1.807) is 7.05 Å². The summed E-state index contributed by atoms with van der Waals surface area (Å²) in [5.41, 5.74) is 0. The Morgan fingerprint density at radius 3 is 2.89 bits per heavy atom. The molecule has 52 valence electrons. The molecule has 1 amide bonds. The average molecular weight is 129 g/mol. The van der Waals surface area contributed by atoms with Gasteiger partial charge >= 0.3 is 0 Å². The smallest absolute Gasteiger partial charge is 0.246 e. The molecular formula is C6H11NO2. The SMILES string of the molecule is CCO/C=C/C(=O)NC. The molecule has 0 heterocycles. The Bertz CT molecular complexity index is 110. The highest BCUT2D eigenvalue weighted by molar-refractivity contribution is 5.86. The first-order valence-electron chi connectivity index (χ1n) is 2.81. The van der Waals surface area contributed by atoms with Gasteiger partial charge in [0.15, 0.2) is 0 Å². The van der Waals surface area contributed by atoms with Crippen molar-refractivity contribution < 1.29 is 9.53 Å². The Morgan fingerprint density at radius 2 is 2.44 bits per heavy atom. The number of nitrogens with one attached hydrogen (secondary N) is 1. The fourth-order valence-corrected chi connectivity index (χ4v) is 0.289. The van der Waals surface area contributed by atoms with E-state index in [4.69, 9.17) is 4.74 Å². The van der Waals surface area contributed by atoms with Gasteiger partial charge in [-0.2, -0.15) is 0 Å². The highest BCUT2D eigenvalue weighted by Gasteiger charge is 1.84. The number of carbonyl (C=O) groups excluding carboxylic acids is 1. The highest BCUT2D eigenvalue weighted by Crippen LogP contribution is 1.75. The molecule has 0 radical (unpaired) electrons. The molecule has 0 atom stereocenters. The normalized spacial score (nSPS) is 9.56. The van der Waals surface area contributed by atoms with E-state index < -0.39 is 0 Å². The van der Waals surface area contributed by atoms with Gasteiger partial charge in [-0.25, -0.2) is 0 Å². The van der Waals surface area contributed by atoms with Gasteiger partial charge in [0.05, 0.1) is 12.9 Å². The molecule has 0 rings (SSSR count). The summed E-state index contributed by atoms with van der Waals surface area (Å²) in [6.45, 7) is 2.45. The van der Waals surface area contributed by atoms with E-state index in [1.165, 1.54) is 12.3 Å². The van der Waals surface area contributed by atoms with E-state index in [2.05, 4.69) is 5.32 Å². The number of hydrogen-bond acceptors (Lipinski definition) is 2. The van der Waals surface area contributed by atoms with Gasteiger partial charge in [0.25, 0.3) is 0 Å². The molecular weight excluding hydrogens is 118 g/mol. The first-order chi connectivity index (χ1) is 4.31. The molecule has 1 N–H and O–H groups in total. The Balaban J connectivity index is 3.32. The van der Waals surface area contributed by atoms with Gasteiger partial charge < -0.3 is 10.1 Å². The summed E-state index contributed by atoms with van der Waals surface area (Å²) >= 11 is 0. The van der Waals surface area contributed by atoms with Crippen LogP contribution < -0.4 is 5.32 Å². The first-order valence-corrected chi connectivity index (χ1v) is 2.81. The largest absolute Gasteiger partial charge is 0.501 e. The molecule has 0 saturated heterocycles. The maximum Gasteiger partial charge on any atom is 0.246 e. The van der Waals surface area contributed by atoms with Gasteiger partial charge in [0.1, 0.15) is 0 Å². The number of amides is 1. The number of hydrogen-bond donors (Lipinski definition) is 1. The van der Waals surface area contributed by atoms with Crippen molar-refractivity contribution in [3.05, 3.63) is 12.3 Å². The van der Waals surface area contributed by atoms with Crippen molar-refractivity contribution in [3.8, 4) is 0 Å². The van der Waals surface area contributed by atoms with Crippen molar-refractivity contribution >= 4 is 5.91 Å². The standard InChI is InChI=1S/C6H11NO2/c1-3-9-5-4-6(8)7-2/h4-5H,3H2,1-2H3,(H,7,8)/b5-4+. The van der Waals surface area contributed by atoms with Gasteiger partial charge in [-0.05, 0) is 6.92 Å². The van der Waals surface area contributed by atoms with Crippen molar-refractivity contribution in [1.29, 1.82) is 0 Å². The zero-order chi connectivity index (χ0) is 7.11. The summed E-state index contributed by atoms with van der Waals surface area (Å²) in [6, 6.07) is 0. The minimum Gasteiger partial charge on any atom is -0.501 e. The lowest BCUT2D eigenvalue weighted by atomic mass is 10.6. The van der Waals surface area contributed by atoms with Gasteiger partial charge in [0, 0.05) is 13.1 Å². The van der Waals surface area contributed by atoms with Crippen LogP contribution in [0.4, 0.5) is 0 Å². The van der Waals surface area contributed by atoms with Crippen LogP contribution in [0.25, 0.3) is 0 Å². The molecule has 0 aromatic rings. The Morgan fingerprint density at radius 1 is 1.78 bits per heavy atom. The molecule has 0 aromatic heterocycles. The molecule has 3 heteroatoms. The van der Waals surface area contributed by atoms with Crippen molar-refractivity contribution in [2.75, 3.05) is 13.7 Å². The van der Waals surface area contributed by atoms with Gasteiger partial charge in [-0.1, -0.05) is 0 Å². The van der Waals surface area contributed by atoms with Crippen LogP contribution >= 0.6 is 0 Å². The van der Waals surface area contributed by atoms with Crippen LogP contribution in [0.3, 0.4) is 0 Å². The molecule has 0 bridgehead atoms. The fraction of sp³-hybridized carbons (Fsp3) is 0.500. The van der Waals surface area contributed by atoms with Crippen LogP contribution in [0.5, 0.6) is 0 Å². The molecule has 0 aliphatic heterocycles. The third-order valence-electron chi connectivity index (χ3n) is 0.729. The summed E-state index contributed by atoms with van der Waals surface area (Å²) in [4.78, 5) is 10.4. The second-order valence-corrected chi connectivity index (χ2v) is 1.37. The van der Waals surface area contributed by atoms with E-state index in [0.29, 0.717) is 6.61 Å². The lowest BCUT2D eigenvalue weighted by molar-refractivity contribution is -0.116. The number of carbonyl (C=O) groups is 1. The minimum atomic E-state index is -0.150. The van der Waals surface area contributed by atoms with E-state index in [-0.39, 0.29) is 5.91 Å². The maximum absolute atomic E-state index is 10.4. The second kappa shape index (κ2) is 5.15. The molecule has 0 saturated carbocycles. The van der Waals surface area contributed by atoms with E-state index in [1.807, 2.05) is 6.92 Å². The number of ether oxygens (including phenoxy) is 1. The maximum atomic E-state index is 10.4.